The van der Waals surface area contributed by atoms with Crippen LogP contribution in [0.15, 0.2) is 48.5 Å². The fourth-order valence-corrected chi connectivity index (χ4v) is 4.35. The van der Waals surface area contributed by atoms with Crippen molar-refractivity contribution in [2.45, 2.75) is 38.5 Å². The number of hydrogen-bond donors (Lipinski definition) is 3. The Morgan fingerprint density at radius 1 is 0.633 bits per heavy atom. The molecule has 0 saturated carbocycles. The van der Waals surface area contributed by atoms with Crippen LogP contribution in [0.5, 0.6) is 17.2 Å². The molecule has 0 heterocycles. The number of aromatic hydroxyl groups is 3. The highest BCUT2D eigenvalue weighted by Crippen LogP contribution is 2.39. The Kier molecular flexibility index (Phi) is 7.07. The summed E-state index contributed by atoms with van der Waals surface area (Å²) in [6.45, 7) is 3.92. The molecule has 0 saturated heterocycles. The Labute approximate surface area is 191 Å². The van der Waals surface area contributed by atoms with Crippen LogP contribution in [0.2, 0.25) is 15.1 Å². The van der Waals surface area contributed by atoms with Crippen molar-refractivity contribution >= 4 is 34.8 Å². The van der Waals surface area contributed by atoms with Crippen LogP contribution in [-0.4, -0.2) is 15.3 Å². The third-order valence-corrected chi connectivity index (χ3v) is 6.02. The minimum atomic E-state index is -0.110. The van der Waals surface area contributed by atoms with Gasteiger partial charge in [-0.15, -0.1) is 0 Å². The molecule has 3 nitrogen and oxygen atoms in total. The summed E-state index contributed by atoms with van der Waals surface area (Å²) >= 11 is 18.5. The van der Waals surface area contributed by atoms with E-state index in [1.807, 2.05) is 13.8 Å². The van der Waals surface area contributed by atoms with Crippen LogP contribution < -0.4 is 0 Å². The third-order valence-electron chi connectivity index (χ3n) is 5.33. The molecule has 0 fully saturated rings. The number of benzene rings is 3. The normalized spacial score (nSPS) is 13.2. The van der Waals surface area contributed by atoms with Gasteiger partial charge in [-0.05, 0) is 95.5 Å². The molecule has 2 unspecified atom stereocenters. The second-order valence-corrected chi connectivity index (χ2v) is 9.00. The van der Waals surface area contributed by atoms with E-state index in [9.17, 15) is 15.3 Å². The average molecular weight is 466 g/mol. The topological polar surface area (TPSA) is 60.7 Å². The lowest BCUT2D eigenvalue weighted by molar-refractivity contribution is 0.446. The number of phenols is 3. The van der Waals surface area contributed by atoms with E-state index in [-0.39, 0.29) is 29.1 Å². The summed E-state index contributed by atoms with van der Waals surface area (Å²) in [4.78, 5) is 0. The number of halogens is 3. The molecule has 0 aliphatic rings. The first kappa shape index (κ1) is 22.6. The molecule has 3 aromatic rings. The highest BCUT2D eigenvalue weighted by molar-refractivity contribution is 6.31. The summed E-state index contributed by atoms with van der Waals surface area (Å²) in [6, 6.07) is 13.3. The smallest absolute Gasteiger partial charge is 0.122 e. The standard InChI is InChI=1S/C24H23Cl3O3/c1-13(20-11-18(26)4-6-23(20)29)8-16-10-19(27)12-21(24(16)30)14(2)7-15-9-17(25)3-5-22(15)28/h3-6,9-14,28-30H,7-8H2,1-2H3. The predicted molar refractivity (Wildman–Crippen MR) is 124 cm³/mol. The van der Waals surface area contributed by atoms with Gasteiger partial charge in [0.15, 0.2) is 0 Å². The van der Waals surface area contributed by atoms with E-state index in [0.29, 0.717) is 50.2 Å². The maximum Gasteiger partial charge on any atom is 0.122 e. The maximum absolute atomic E-state index is 11.0. The van der Waals surface area contributed by atoms with Crippen LogP contribution in [0.4, 0.5) is 0 Å². The van der Waals surface area contributed by atoms with Crippen molar-refractivity contribution in [2.75, 3.05) is 0 Å². The molecule has 0 aliphatic carbocycles. The molecule has 158 valence electrons. The third kappa shape index (κ3) is 5.15. The SMILES string of the molecule is CC(Cc1cc(Cl)cc(C(C)Cc2cc(Cl)ccc2O)c1O)c1cc(Cl)ccc1O. The molecule has 0 spiro atoms. The molecule has 3 aromatic carbocycles. The lowest BCUT2D eigenvalue weighted by Crippen LogP contribution is -2.04. The van der Waals surface area contributed by atoms with Crippen LogP contribution in [-0.2, 0) is 12.8 Å². The predicted octanol–water partition coefficient (Wildman–Crippen LogP) is 7.46. The molecule has 0 radical (unpaired) electrons. The van der Waals surface area contributed by atoms with Gasteiger partial charge in [0, 0.05) is 15.1 Å². The highest BCUT2D eigenvalue weighted by Gasteiger charge is 2.20. The summed E-state index contributed by atoms with van der Waals surface area (Å²) in [6.07, 6.45) is 0.965. The summed E-state index contributed by atoms with van der Waals surface area (Å²) < 4.78 is 0. The van der Waals surface area contributed by atoms with Gasteiger partial charge in [0.05, 0.1) is 0 Å². The zero-order valence-corrected chi connectivity index (χ0v) is 18.9. The van der Waals surface area contributed by atoms with Gasteiger partial charge >= 0.3 is 0 Å². The lowest BCUT2D eigenvalue weighted by Gasteiger charge is -2.20. The van der Waals surface area contributed by atoms with E-state index in [2.05, 4.69) is 0 Å². The minimum Gasteiger partial charge on any atom is -0.508 e. The Morgan fingerprint density at radius 3 is 1.83 bits per heavy atom. The van der Waals surface area contributed by atoms with Crippen LogP contribution in [0.3, 0.4) is 0 Å². The van der Waals surface area contributed by atoms with Gasteiger partial charge in [-0.3, -0.25) is 0 Å². The molecule has 2 atom stereocenters. The van der Waals surface area contributed by atoms with Crippen molar-refractivity contribution in [1.82, 2.24) is 0 Å². The van der Waals surface area contributed by atoms with Gasteiger partial charge in [0.1, 0.15) is 17.2 Å². The molecule has 30 heavy (non-hydrogen) atoms. The van der Waals surface area contributed by atoms with E-state index >= 15 is 0 Å². The van der Waals surface area contributed by atoms with Gasteiger partial charge in [0.25, 0.3) is 0 Å². The van der Waals surface area contributed by atoms with Gasteiger partial charge in [-0.2, -0.15) is 0 Å². The van der Waals surface area contributed by atoms with Gasteiger partial charge in [0.2, 0.25) is 0 Å². The summed E-state index contributed by atoms with van der Waals surface area (Å²) in [5.74, 6) is 0.299. The number of hydrogen-bond acceptors (Lipinski definition) is 3. The molecule has 0 aliphatic heterocycles. The molecule has 0 amide bonds. The van der Waals surface area contributed by atoms with Gasteiger partial charge < -0.3 is 15.3 Å². The second-order valence-electron chi connectivity index (χ2n) is 7.69. The molecule has 0 bridgehead atoms. The Morgan fingerprint density at radius 2 is 1.13 bits per heavy atom. The quantitative estimate of drug-likeness (QED) is 0.354. The minimum absolute atomic E-state index is 0.0896. The van der Waals surface area contributed by atoms with Gasteiger partial charge in [-0.1, -0.05) is 48.7 Å². The first-order chi connectivity index (χ1) is 14.2. The summed E-state index contributed by atoms with van der Waals surface area (Å²) in [5, 5.41) is 32.9. The zero-order chi connectivity index (χ0) is 22.0. The van der Waals surface area contributed by atoms with Crippen molar-refractivity contribution in [3.05, 3.63) is 85.9 Å². The number of phenolic OH excluding ortho intramolecular Hbond substituents is 3. The fraction of sp³-hybridized carbons (Fsp3) is 0.250. The first-order valence-corrected chi connectivity index (χ1v) is 10.8. The average Bonchev–Trinajstić information content (AvgIpc) is 2.68. The van der Waals surface area contributed by atoms with Crippen molar-refractivity contribution < 1.29 is 15.3 Å². The van der Waals surface area contributed by atoms with Crippen molar-refractivity contribution in [1.29, 1.82) is 0 Å². The second kappa shape index (κ2) is 9.38. The molecular weight excluding hydrogens is 443 g/mol. The van der Waals surface area contributed by atoms with E-state index in [1.165, 1.54) is 0 Å². The Hall–Kier alpha value is -2.07. The van der Waals surface area contributed by atoms with Crippen LogP contribution >= 0.6 is 34.8 Å². The first-order valence-electron chi connectivity index (χ1n) is 9.62. The van der Waals surface area contributed by atoms with E-state index in [0.717, 1.165) is 0 Å². The summed E-state index contributed by atoms with van der Waals surface area (Å²) in [7, 11) is 0. The van der Waals surface area contributed by atoms with E-state index in [4.69, 9.17) is 34.8 Å². The molecule has 3 N–H and O–H groups in total. The molecule has 3 rings (SSSR count). The number of rotatable bonds is 6. The van der Waals surface area contributed by atoms with E-state index in [1.54, 1.807) is 48.5 Å². The van der Waals surface area contributed by atoms with Crippen molar-refractivity contribution in [2.24, 2.45) is 0 Å². The highest BCUT2D eigenvalue weighted by atomic mass is 35.5. The molecular formula is C24H23Cl3O3. The van der Waals surface area contributed by atoms with Gasteiger partial charge in [-0.25, -0.2) is 0 Å². The monoisotopic (exact) mass is 464 g/mol. The largest absolute Gasteiger partial charge is 0.508 e. The van der Waals surface area contributed by atoms with Crippen LogP contribution in [0.25, 0.3) is 0 Å². The van der Waals surface area contributed by atoms with E-state index < -0.39 is 0 Å². The Bertz CT molecular complexity index is 1070. The van der Waals surface area contributed by atoms with Crippen molar-refractivity contribution in [3.8, 4) is 17.2 Å². The Balaban J connectivity index is 1.89. The fourth-order valence-electron chi connectivity index (χ4n) is 3.73. The van der Waals surface area contributed by atoms with Crippen LogP contribution in [0, 0.1) is 0 Å². The zero-order valence-electron chi connectivity index (χ0n) is 16.7. The summed E-state index contributed by atoms with van der Waals surface area (Å²) in [5.41, 5.74) is 2.79. The molecule has 6 heteroatoms. The maximum atomic E-state index is 11.0. The molecule has 0 aromatic heterocycles. The lowest BCUT2D eigenvalue weighted by atomic mass is 9.87. The van der Waals surface area contributed by atoms with Crippen LogP contribution in [0.1, 0.15) is 47.9 Å². The van der Waals surface area contributed by atoms with Crippen molar-refractivity contribution in [3.63, 3.8) is 0 Å².